The number of hydrogen-bond acceptors (Lipinski definition) is 1. The van der Waals surface area contributed by atoms with Gasteiger partial charge < -0.3 is 0 Å². The Kier molecular flexibility index (Phi) is 4.15. The van der Waals surface area contributed by atoms with Crippen LogP contribution in [0.4, 0.5) is 0 Å². The molecule has 0 aromatic heterocycles. The van der Waals surface area contributed by atoms with Crippen molar-refractivity contribution < 1.29 is 4.79 Å². The quantitative estimate of drug-likeness (QED) is 0.720. The van der Waals surface area contributed by atoms with Crippen LogP contribution in [0, 0.1) is 5.92 Å². The molecule has 1 aliphatic carbocycles. The summed E-state index contributed by atoms with van der Waals surface area (Å²) in [4.78, 5) is 12.6. The van der Waals surface area contributed by atoms with Crippen LogP contribution in [0.5, 0.6) is 0 Å². The Labute approximate surface area is 121 Å². The lowest BCUT2D eigenvalue weighted by atomic mass is 9.90. The minimum Gasteiger partial charge on any atom is -0.299 e. The van der Waals surface area contributed by atoms with Crippen LogP contribution in [0.1, 0.15) is 44.1 Å². The van der Waals surface area contributed by atoms with Crippen molar-refractivity contribution in [1.29, 1.82) is 0 Å². The summed E-state index contributed by atoms with van der Waals surface area (Å²) in [5.41, 5.74) is 1.19. The van der Waals surface area contributed by atoms with E-state index in [1.807, 2.05) is 0 Å². The minimum absolute atomic E-state index is 0.302. The maximum Gasteiger partial charge on any atom is 0.140 e. The summed E-state index contributed by atoms with van der Waals surface area (Å²) in [7, 11) is 0. The SMILES string of the molecule is O=C(Cc1cccc2ccccc12)C1CCCCCC1. The molecular weight excluding hydrogens is 244 g/mol. The molecule has 3 rings (SSSR count). The average molecular weight is 266 g/mol. The Bertz CT molecular complexity index is 586. The van der Waals surface area contributed by atoms with Crippen LogP contribution in [0.25, 0.3) is 10.8 Å². The number of benzene rings is 2. The maximum atomic E-state index is 12.6. The van der Waals surface area contributed by atoms with E-state index in [2.05, 4.69) is 42.5 Å². The van der Waals surface area contributed by atoms with Gasteiger partial charge in [0.25, 0.3) is 0 Å². The Morgan fingerprint density at radius 1 is 0.900 bits per heavy atom. The molecule has 1 heteroatoms. The number of rotatable bonds is 3. The minimum atomic E-state index is 0.302. The van der Waals surface area contributed by atoms with Crippen molar-refractivity contribution in [3.8, 4) is 0 Å². The van der Waals surface area contributed by atoms with Crippen LogP contribution in [0.15, 0.2) is 42.5 Å². The van der Waals surface area contributed by atoms with Crippen LogP contribution < -0.4 is 0 Å². The van der Waals surface area contributed by atoms with Crippen LogP contribution in [0.3, 0.4) is 0 Å². The van der Waals surface area contributed by atoms with Crippen LogP contribution in [-0.4, -0.2) is 5.78 Å². The van der Waals surface area contributed by atoms with Gasteiger partial charge in [0.2, 0.25) is 0 Å². The average Bonchev–Trinajstić information content (AvgIpc) is 2.77. The van der Waals surface area contributed by atoms with E-state index in [0.717, 1.165) is 12.8 Å². The molecule has 0 N–H and O–H groups in total. The molecule has 104 valence electrons. The van der Waals surface area contributed by atoms with Crippen molar-refractivity contribution in [1.82, 2.24) is 0 Å². The van der Waals surface area contributed by atoms with Gasteiger partial charge in [-0.25, -0.2) is 0 Å². The molecule has 1 saturated carbocycles. The maximum absolute atomic E-state index is 12.6. The molecule has 0 bridgehead atoms. The van der Waals surface area contributed by atoms with E-state index >= 15 is 0 Å². The van der Waals surface area contributed by atoms with Crippen LogP contribution in [0.2, 0.25) is 0 Å². The molecule has 0 atom stereocenters. The highest BCUT2D eigenvalue weighted by atomic mass is 16.1. The zero-order valence-electron chi connectivity index (χ0n) is 12.0. The smallest absolute Gasteiger partial charge is 0.140 e. The standard InChI is InChI=1S/C19H22O/c20-19(16-9-3-1-2-4-10-16)14-17-12-7-11-15-8-5-6-13-18(15)17/h5-8,11-13,16H,1-4,9-10,14H2. The molecule has 0 spiro atoms. The van der Waals surface area contributed by atoms with Crippen molar-refractivity contribution in [2.45, 2.75) is 44.9 Å². The predicted molar refractivity (Wildman–Crippen MR) is 83.9 cm³/mol. The summed E-state index contributed by atoms with van der Waals surface area (Å²) in [6, 6.07) is 14.7. The molecule has 1 fully saturated rings. The number of carbonyl (C=O) groups excluding carboxylic acids is 1. The van der Waals surface area contributed by atoms with Crippen molar-refractivity contribution in [2.24, 2.45) is 5.92 Å². The van der Waals surface area contributed by atoms with Gasteiger partial charge in [-0.15, -0.1) is 0 Å². The van der Waals surface area contributed by atoms with Crippen molar-refractivity contribution in [3.63, 3.8) is 0 Å². The fourth-order valence-electron chi connectivity index (χ4n) is 3.38. The zero-order valence-corrected chi connectivity index (χ0v) is 12.0. The summed E-state index contributed by atoms with van der Waals surface area (Å²) >= 11 is 0. The first kappa shape index (κ1) is 13.4. The molecule has 0 unspecified atom stereocenters. The lowest BCUT2D eigenvalue weighted by molar-refractivity contribution is -0.122. The fraction of sp³-hybridized carbons (Fsp3) is 0.421. The lowest BCUT2D eigenvalue weighted by Crippen LogP contribution is -2.16. The Balaban J connectivity index is 1.80. The van der Waals surface area contributed by atoms with Gasteiger partial charge in [-0.2, -0.15) is 0 Å². The normalized spacial score (nSPS) is 17.0. The molecule has 20 heavy (non-hydrogen) atoms. The van der Waals surface area contributed by atoms with E-state index in [-0.39, 0.29) is 0 Å². The fourth-order valence-corrected chi connectivity index (χ4v) is 3.38. The summed E-state index contributed by atoms with van der Waals surface area (Å²) in [6.45, 7) is 0. The topological polar surface area (TPSA) is 17.1 Å². The van der Waals surface area contributed by atoms with E-state index in [0.29, 0.717) is 18.1 Å². The number of fused-ring (bicyclic) bond motifs is 1. The molecule has 2 aromatic carbocycles. The second kappa shape index (κ2) is 6.21. The molecule has 2 aromatic rings. The summed E-state index contributed by atoms with van der Waals surface area (Å²) in [5, 5.41) is 2.47. The number of hydrogen-bond donors (Lipinski definition) is 0. The highest BCUT2D eigenvalue weighted by Gasteiger charge is 2.20. The molecule has 0 heterocycles. The van der Waals surface area contributed by atoms with Gasteiger partial charge in [-0.1, -0.05) is 68.1 Å². The predicted octanol–water partition coefficient (Wildman–Crippen LogP) is 4.92. The van der Waals surface area contributed by atoms with Gasteiger partial charge in [-0.05, 0) is 29.2 Å². The first-order chi connectivity index (χ1) is 9.84. The summed E-state index contributed by atoms with van der Waals surface area (Å²) in [6.07, 6.45) is 7.87. The van der Waals surface area contributed by atoms with Crippen molar-refractivity contribution >= 4 is 16.6 Å². The molecule has 0 amide bonds. The summed E-state index contributed by atoms with van der Waals surface area (Å²) in [5.74, 6) is 0.750. The second-order valence-corrected chi connectivity index (χ2v) is 5.97. The van der Waals surface area contributed by atoms with Crippen LogP contribution >= 0.6 is 0 Å². The van der Waals surface area contributed by atoms with Gasteiger partial charge in [-0.3, -0.25) is 4.79 Å². The number of Topliss-reactive ketones (excluding diaryl/α,β-unsaturated/α-hetero) is 1. The molecule has 0 saturated heterocycles. The zero-order chi connectivity index (χ0) is 13.8. The lowest BCUT2D eigenvalue weighted by Gasteiger charge is -2.13. The summed E-state index contributed by atoms with van der Waals surface area (Å²) < 4.78 is 0. The monoisotopic (exact) mass is 266 g/mol. The number of ketones is 1. The van der Waals surface area contributed by atoms with Gasteiger partial charge in [0, 0.05) is 12.3 Å². The number of carbonyl (C=O) groups is 1. The molecule has 0 radical (unpaired) electrons. The second-order valence-electron chi connectivity index (χ2n) is 5.97. The van der Waals surface area contributed by atoms with Gasteiger partial charge in [0.1, 0.15) is 5.78 Å². The molecular formula is C19H22O. The largest absolute Gasteiger partial charge is 0.299 e. The van der Waals surface area contributed by atoms with Crippen molar-refractivity contribution in [2.75, 3.05) is 0 Å². The Morgan fingerprint density at radius 2 is 1.60 bits per heavy atom. The van der Waals surface area contributed by atoms with Gasteiger partial charge >= 0.3 is 0 Å². The first-order valence-electron chi connectivity index (χ1n) is 7.84. The van der Waals surface area contributed by atoms with E-state index in [1.54, 1.807) is 0 Å². The third-order valence-electron chi connectivity index (χ3n) is 4.56. The third kappa shape index (κ3) is 2.92. The highest BCUT2D eigenvalue weighted by molar-refractivity contribution is 5.91. The van der Waals surface area contributed by atoms with Crippen LogP contribution in [-0.2, 0) is 11.2 Å². The molecule has 1 aliphatic rings. The van der Waals surface area contributed by atoms with Gasteiger partial charge in [0.05, 0.1) is 0 Å². The van der Waals surface area contributed by atoms with E-state index < -0.39 is 0 Å². The Hall–Kier alpha value is -1.63. The Morgan fingerprint density at radius 3 is 2.40 bits per heavy atom. The van der Waals surface area contributed by atoms with Crippen molar-refractivity contribution in [3.05, 3.63) is 48.0 Å². The molecule has 1 nitrogen and oxygen atoms in total. The van der Waals surface area contributed by atoms with E-state index in [4.69, 9.17) is 0 Å². The van der Waals surface area contributed by atoms with Gasteiger partial charge in [0.15, 0.2) is 0 Å². The molecule has 0 aliphatic heterocycles. The highest BCUT2D eigenvalue weighted by Crippen LogP contribution is 2.26. The van der Waals surface area contributed by atoms with E-state index in [9.17, 15) is 4.79 Å². The third-order valence-corrected chi connectivity index (χ3v) is 4.56. The first-order valence-corrected chi connectivity index (χ1v) is 7.84. The van der Waals surface area contributed by atoms with E-state index in [1.165, 1.54) is 42.0 Å².